The largest absolute Gasteiger partial charge is 0.388 e. The number of rotatable bonds is 3. The number of aliphatic hydroxyl groups is 1. The normalized spacial score (nSPS) is 27.4. The van der Waals surface area contributed by atoms with Gasteiger partial charge in [0.05, 0.1) is 6.10 Å². The van der Waals surface area contributed by atoms with Crippen molar-refractivity contribution in [3.63, 3.8) is 0 Å². The van der Waals surface area contributed by atoms with E-state index in [1.807, 2.05) is 12.1 Å². The number of aliphatic hydroxyl groups excluding tert-OH is 1. The monoisotopic (exact) mass is 242 g/mol. The fourth-order valence-corrected chi connectivity index (χ4v) is 3.48. The summed E-state index contributed by atoms with van der Waals surface area (Å²) in [4.78, 5) is 0. The predicted molar refractivity (Wildman–Crippen MR) is 75.1 cm³/mol. The molecule has 1 fully saturated rings. The maximum absolute atomic E-state index is 10.4. The molecule has 18 heavy (non-hydrogen) atoms. The van der Waals surface area contributed by atoms with Gasteiger partial charge in [-0.1, -0.05) is 62.1 Å². The Bertz CT molecular complexity index is 429. The van der Waals surface area contributed by atoms with Gasteiger partial charge in [0.25, 0.3) is 0 Å². The molecule has 0 saturated heterocycles. The highest BCUT2D eigenvalue weighted by molar-refractivity contribution is 5.57. The third kappa shape index (κ3) is 2.37. The Hall–Kier alpha value is -1.08. The second-order valence-electron chi connectivity index (χ2n) is 5.82. The summed E-state index contributed by atoms with van der Waals surface area (Å²) in [5.74, 6) is 1.24. The lowest BCUT2D eigenvalue weighted by Crippen LogP contribution is -2.15. The molecule has 1 N–H and O–H groups in total. The van der Waals surface area contributed by atoms with Crippen LogP contribution in [0.5, 0.6) is 0 Å². The van der Waals surface area contributed by atoms with Crippen LogP contribution in [0.15, 0.2) is 30.3 Å². The molecule has 0 unspecified atom stereocenters. The maximum Gasteiger partial charge on any atom is 0.0858 e. The summed E-state index contributed by atoms with van der Waals surface area (Å²) in [6, 6.07) is 8.21. The van der Waals surface area contributed by atoms with Crippen molar-refractivity contribution >= 4 is 6.08 Å². The molecule has 1 aromatic rings. The maximum atomic E-state index is 10.4. The predicted octanol–water partition coefficient (Wildman–Crippen LogP) is 4.33. The Morgan fingerprint density at radius 3 is 2.67 bits per heavy atom. The zero-order chi connectivity index (χ0) is 12.4. The van der Waals surface area contributed by atoms with Crippen LogP contribution >= 0.6 is 0 Å². The number of fused-ring (bicyclic) bond motifs is 1. The summed E-state index contributed by atoms with van der Waals surface area (Å²) in [6.45, 7) is 0. The zero-order valence-corrected chi connectivity index (χ0v) is 10.9. The van der Waals surface area contributed by atoms with E-state index in [-0.39, 0.29) is 6.10 Å². The number of hydrogen-bond donors (Lipinski definition) is 1. The van der Waals surface area contributed by atoms with Crippen LogP contribution in [0.1, 0.15) is 55.8 Å². The highest BCUT2D eigenvalue weighted by Crippen LogP contribution is 2.37. The van der Waals surface area contributed by atoms with E-state index in [1.54, 1.807) is 0 Å². The number of hydrogen-bond acceptors (Lipinski definition) is 1. The zero-order valence-electron chi connectivity index (χ0n) is 10.9. The van der Waals surface area contributed by atoms with E-state index < -0.39 is 0 Å². The fraction of sp³-hybridized carbons (Fsp3) is 0.529. The van der Waals surface area contributed by atoms with E-state index in [0.717, 1.165) is 17.9 Å². The van der Waals surface area contributed by atoms with Gasteiger partial charge in [0.15, 0.2) is 0 Å². The van der Waals surface area contributed by atoms with Crippen LogP contribution < -0.4 is 0 Å². The third-order valence-corrected chi connectivity index (χ3v) is 4.63. The minimum atomic E-state index is -0.299. The standard InChI is InChI=1S/C17H22O/c18-17-15(10-9-13-5-1-2-6-13)12-11-14-7-3-4-8-16(14)17/h3-4,7-8,11-13,15,17-18H,1-2,5-6,9-10H2/t15-,17-/m0/s1. The van der Waals surface area contributed by atoms with Gasteiger partial charge in [0, 0.05) is 5.92 Å². The molecule has 3 rings (SSSR count). The first-order chi connectivity index (χ1) is 8.84. The Morgan fingerprint density at radius 2 is 1.83 bits per heavy atom. The summed E-state index contributed by atoms with van der Waals surface area (Å²) >= 11 is 0. The minimum Gasteiger partial charge on any atom is -0.388 e. The first kappa shape index (κ1) is 12.0. The average Bonchev–Trinajstić information content (AvgIpc) is 2.91. The van der Waals surface area contributed by atoms with Crippen LogP contribution in [0, 0.1) is 11.8 Å². The van der Waals surface area contributed by atoms with Crippen molar-refractivity contribution in [2.24, 2.45) is 11.8 Å². The Morgan fingerprint density at radius 1 is 1.06 bits per heavy atom. The van der Waals surface area contributed by atoms with E-state index >= 15 is 0 Å². The lowest BCUT2D eigenvalue weighted by molar-refractivity contribution is 0.121. The molecule has 1 saturated carbocycles. The second kappa shape index (κ2) is 5.27. The van der Waals surface area contributed by atoms with E-state index in [4.69, 9.17) is 0 Å². The first-order valence-corrected chi connectivity index (χ1v) is 7.30. The molecule has 96 valence electrons. The lowest BCUT2D eigenvalue weighted by Gasteiger charge is -2.26. The van der Waals surface area contributed by atoms with Crippen LogP contribution in [-0.2, 0) is 0 Å². The van der Waals surface area contributed by atoms with Gasteiger partial charge in [-0.3, -0.25) is 0 Å². The highest BCUT2D eigenvalue weighted by Gasteiger charge is 2.25. The molecule has 1 nitrogen and oxygen atoms in total. The van der Waals surface area contributed by atoms with Gasteiger partial charge in [-0.2, -0.15) is 0 Å². The Kier molecular flexibility index (Phi) is 3.51. The van der Waals surface area contributed by atoms with Crippen molar-refractivity contribution in [3.8, 4) is 0 Å². The molecule has 0 spiro atoms. The summed E-state index contributed by atoms with van der Waals surface area (Å²) in [5.41, 5.74) is 2.29. The molecule has 1 heteroatoms. The second-order valence-corrected chi connectivity index (χ2v) is 5.82. The van der Waals surface area contributed by atoms with E-state index in [9.17, 15) is 5.11 Å². The van der Waals surface area contributed by atoms with Gasteiger partial charge >= 0.3 is 0 Å². The minimum absolute atomic E-state index is 0.299. The van der Waals surface area contributed by atoms with Gasteiger partial charge in [0.2, 0.25) is 0 Å². The van der Waals surface area contributed by atoms with Gasteiger partial charge < -0.3 is 5.11 Å². The van der Waals surface area contributed by atoms with Gasteiger partial charge in [-0.25, -0.2) is 0 Å². The molecular weight excluding hydrogens is 220 g/mol. The van der Waals surface area contributed by atoms with Gasteiger partial charge in [-0.05, 0) is 29.9 Å². The smallest absolute Gasteiger partial charge is 0.0858 e. The first-order valence-electron chi connectivity index (χ1n) is 7.30. The van der Waals surface area contributed by atoms with Crippen molar-refractivity contribution in [1.82, 2.24) is 0 Å². The van der Waals surface area contributed by atoms with E-state index in [1.165, 1.54) is 37.7 Å². The van der Waals surface area contributed by atoms with Gasteiger partial charge in [-0.15, -0.1) is 0 Å². The van der Waals surface area contributed by atoms with Crippen LogP contribution in [-0.4, -0.2) is 5.11 Å². The molecule has 2 aliphatic carbocycles. The molecule has 1 aromatic carbocycles. The van der Waals surface area contributed by atoms with Crippen LogP contribution in [0.25, 0.3) is 6.08 Å². The lowest BCUT2D eigenvalue weighted by atomic mass is 9.82. The topological polar surface area (TPSA) is 20.2 Å². The fourth-order valence-electron chi connectivity index (χ4n) is 3.48. The van der Waals surface area contributed by atoms with E-state index in [0.29, 0.717) is 5.92 Å². The van der Waals surface area contributed by atoms with Crippen molar-refractivity contribution in [3.05, 3.63) is 41.5 Å². The van der Waals surface area contributed by atoms with Crippen molar-refractivity contribution in [2.45, 2.75) is 44.6 Å². The molecule has 0 aliphatic heterocycles. The van der Waals surface area contributed by atoms with E-state index in [2.05, 4.69) is 24.3 Å². The molecule has 2 atom stereocenters. The summed E-state index contributed by atoms with van der Waals surface area (Å²) in [5, 5.41) is 10.4. The van der Waals surface area contributed by atoms with Gasteiger partial charge in [0.1, 0.15) is 0 Å². The highest BCUT2D eigenvalue weighted by atomic mass is 16.3. The van der Waals surface area contributed by atoms with Crippen molar-refractivity contribution in [1.29, 1.82) is 0 Å². The van der Waals surface area contributed by atoms with Crippen LogP contribution in [0.4, 0.5) is 0 Å². The molecule has 0 heterocycles. The molecular formula is C17H22O. The van der Waals surface area contributed by atoms with Crippen molar-refractivity contribution in [2.75, 3.05) is 0 Å². The molecule has 0 aromatic heterocycles. The average molecular weight is 242 g/mol. The Labute approximate surface area is 110 Å². The SMILES string of the molecule is O[C@@H]1c2ccccc2C=C[C@@H]1CCC1CCCC1. The molecule has 2 aliphatic rings. The quantitative estimate of drug-likeness (QED) is 0.836. The molecule has 0 bridgehead atoms. The number of benzene rings is 1. The summed E-state index contributed by atoms with van der Waals surface area (Å²) in [7, 11) is 0. The molecule has 0 amide bonds. The summed E-state index contributed by atoms with van der Waals surface area (Å²) < 4.78 is 0. The third-order valence-electron chi connectivity index (χ3n) is 4.63. The van der Waals surface area contributed by atoms with Crippen LogP contribution in [0.2, 0.25) is 0 Å². The molecule has 0 radical (unpaired) electrons. The Balaban J connectivity index is 1.65. The van der Waals surface area contributed by atoms with Crippen molar-refractivity contribution < 1.29 is 5.11 Å². The van der Waals surface area contributed by atoms with Crippen LogP contribution in [0.3, 0.4) is 0 Å². The summed E-state index contributed by atoms with van der Waals surface area (Å²) in [6.07, 6.45) is 12.2.